The number of hydrogen-bond acceptors (Lipinski definition) is 2. The molecule has 0 saturated heterocycles. The molecule has 0 fully saturated rings. The van der Waals surface area contributed by atoms with E-state index in [-0.39, 0.29) is 18.5 Å². The van der Waals surface area contributed by atoms with E-state index in [1.165, 1.54) is 5.56 Å². The lowest BCUT2D eigenvalue weighted by Crippen LogP contribution is -2.39. The Morgan fingerprint density at radius 2 is 1.87 bits per heavy atom. The molecule has 1 amide bonds. The van der Waals surface area contributed by atoms with E-state index in [4.69, 9.17) is 0 Å². The van der Waals surface area contributed by atoms with Crippen LogP contribution in [0.1, 0.15) is 25.0 Å². The molecule has 1 N–H and O–H groups in total. The Morgan fingerprint density at radius 3 is 2.48 bits per heavy atom. The molecule has 3 nitrogen and oxygen atoms in total. The van der Waals surface area contributed by atoms with Crippen LogP contribution in [0.5, 0.6) is 0 Å². The smallest absolute Gasteiger partial charge is 0.242 e. The van der Waals surface area contributed by atoms with Crippen molar-refractivity contribution in [1.82, 2.24) is 4.90 Å². The fourth-order valence-electron chi connectivity index (χ4n) is 2.37. The highest BCUT2D eigenvalue weighted by Crippen LogP contribution is 2.23. The van der Waals surface area contributed by atoms with E-state index in [1.54, 1.807) is 0 Å². The van der Waals surface area contributed by atoms with Crippen LogP contribution in [0, 0.1) is 6.92 Å². The third kappa shape index (κ3) is 5.10. The van der Waals surface area contributed by atoms with Crippen molar-refractivity contribution in [3.8, 4) is 0 Å². The van der Waals surface area contributed by atoms with Gasteiger partial charge in [-0.1, -0.05) is 36.4 Å². The van der Waals surface area contributed by atoms with E-state index in [0.717, 1.165) is 15.7 Å². The first-order valence-electron chi connectivity index (χ1n) is 7.81. The van der Waals surface area contributed by atoms with Gasteiger partial charge in [0.05, 0.1) is 6.54 Å². The van der Waals surface area contributed by atoms with Crippen molar-refractivity contribution in [1.29, 1.82) is 0 Å². The van der Waals surface area contributed by atoms with Gasteiger partial charge in [0, 0.05) is 22.7 Å². The number of carbonyl (C=O) groups is 1. The Balaban J connectivity index is 2.01. The molecule has 0 aliphatic carbocycles. The maximum atomic E-state index is 12.6. The van der Waals surface area contributed by atoms with Crippen LogP contribution in [-0.4, -0.2) is 23.4 Å². The van der Waals surface area contributed by atoms with Crippen LogP contribution >= 0.6 is 15.9 Å². The summed E-state index contributed by atoms with van der Waals surface area (Å²) in [5.74, 6) is 0.0938. The van der Waals surface area contributed by atoms with Crippen molar-refractivity contribution in [2.75, 3.05) is 11.9 Å². The first kappa shape index (κ1) is 17.5. The third-order valence-electron chi connectivity index (χ3n) is 3.69. The van der Waals surface area contributed by atoms with Gasteiger partial charge in [-0.2, -0.15) is 0 Å². The largest absolute Gasteiger partial charge is 0.375 e. The second kappa shape index (κ2) is 8.16. The Hall–Kier alpha value is -1.81. The lowest BCUT2D eigenvalue weighted by Gasteiger charge is -2.27. The molecule has 4 heteroatoms. The van der Waals surface area contributed by atoms with E-state index in [0.29, 0.717) is 6.54 Å². The monoisotopic (exact) mass is 374 g/mol. The Bertz CT molecular complexity index is 656. The lowest BCUT2D eigenvalue weighted by atomic mass is 10.2. The van der Waals surface area contributed by atoms with Gasteiger partial charge < -0.3 is 10.2 Å². The fraction of sp³-hybridized carbons (Fsp3) is 0.316. The quantitative estimate of drug-likeness (QED) is 0.800. The number of halogens is 1. The minimum atomic E-state index is 0.0938. The zero-order valence-corrected chi connectivity index (χ0v) is 15.4. The molecular formula is C19H23BrN2O. The number of nitrogens with zero attached hydrogens (tertiary/aromatic N) is 1. The molecule has 2 rings (SSSR count). The van der Waals surface area contributed by atoms with Crippen LogP contribution in [0.3, 0.4) is 0 Å². The molecule has 0 aliphatic heterocycles. The predicted octanol–water partition coefficient (Wildman–Crippen LogP) is 4.61. The number of benzene rings is 2. The number of nitrogens with one attached hydrogen (secondary N) is 1. The van der Waals surface area contributed by atoms with Crippen molar-refractivity contribution in [2.45, 2.75) is 33.4 Å². The van der Waals surface area contributed by atoms with Crippen LogP contribution in [0.2, 0.25) is 0 Å². The Kier molecular flexibility index (Phi) is 6.22. The molecule has 0 bridgehead atoms. The number of anilines is 1. The van der Waals surface area contributed by atoms with Gasteiger partial charge in [0.15, 0.2) is 0 Å². The van der Waals surface area contributed by atoms with E-state index in [9.17, 15) is 4.79 Å². The summed E-state index contributed by atoms with van der Waals surface area (Å²) in [7, 11) is 0. The normalized spacial score (nSPS) is 10.7. The maximum absolute atomic E-state index is 12.6. The van der Waals surface area contributed by atoms with Gasteiger partial charge in [0.25, 0.3) is 0 Å². The lowest BCUT2D eigenvalue weighted by molar-refractivity contribution is -0.131. The van der Waals surface area contributed by atoms with Gasteiger partial charge in [-0.3, -0.25) is 4.79 Å². The van der Waals surface area contributed by atoms with E-state index >= 15 is 0 Å². The summed E-state index contributed by atoms with van der Waals surface area (Å²) in [6.45, 7) is 7.05. The Morgan fingerprint density at radius 1 is 1.17 bits per heavy atom. The van der Waals surface area contributed by atoms with Gasteiger partial charge in [-0.25, -0.2) is 0 Å². The molecular weight excluding hydrogens is 352 g/mol. The summed E-state index contributed by atoms with van der Waals surface area (Å²) >= 11 is 3.53. The minimum Gasteiger partial charge on any atom is -0.375 e. The molecule has 122 valence electrons. The van der Waals surface area contributed by atoms with Crippen molar-refractivity contribution < 1.29 is 4.79 Å². The molecule has 0 heterocycles. The highest BCUT2D eigenvalue weighted by Gasteiger charge is 2.17. The molecule has 2 aromatic rings. The van der Waals surface area contributed by atoms with Gasteiger partial charge in [-0.15, -0.1) is 0 Å². The number of amides is 1. The summed E-state index contributed by atoms with van der Waals surface area (Å²) in [5, 5.41) is 3.22. The molecule has 0 aliphatic rings. The fourth-order valence-corrected chi connectivity index (χ4v) is 3.01. The van der Waals surface area contributed by atoms with Crippen molar-refractivity contribution >= 4 is 27.5 Å². The predicted molar refractivity (Wildman–Crippen MR) is 99.5 cm³/mol. The summed E-state index contributed by atoms with van der Waals surface area (Å²) in [4.78, 5) is 14.5. The summed E-state index contributed by atoms with van der Waals surface area (Å²) in [5.41, 5.74) is 3.26. The topological polar surface area (TPSA) is 32.3 Å². The summed E-state index contributed by atoms with van der Waals surface area (Å²) in [6.07, 6.45) is 0. The molecule has 0 unspecified atom stereocenters. The molecule has 23 heavy (non-hydrogen) atoms. The second-order valence-corrected chi connectivity index (χ2v) is 6.79. The van der Waals surface area contributed by atoms with Crippen molar-refractivity contribution in [2.24, 2.45) is 0 Å². The molecule has 0 atom stereocenters. The number of rotatable bonds is 6. The average Bonchev–Trinajstić information content (AvgIpc) is 2.52. The molecule has 2 aromatic carbocycles. The zero-order chi connectivity index (χ0) is 16.8. The molecule has 0 radical (unpaired) electrons. The van der Waals surface area contributed by atoms with Gasteiger partial charge in [0.2, 0.25) is 5.91 Å². The first-order chi connectivity index (χ1) is 11.0. The molecule has 0 spiro atoms. The standard InChI is InChI=1S/C19H23BrN2O/c1-14(2)22(13-16-7-5-4-6-8-16)19(23)12-21-18-10-9-15(3)11-17(18)20/h4-11,14,21H,12-13H2,1-3H3. The highest BCUT2D eigenvalue weighted by atomic mass is 79.9. The SMILES string of the molecule is Cc1ccc(NCC(=O)N(Cc2ccccc2)C(C)C)c(Br)c1. The maximum Gasteiger partial charge on any atom is 0.242 e. The third-order valence-corrected chi connectivity index (χ3v) is 4.35. The Labute approximate surface area is 146 Å². The van der Waals surface area contributed by atoms with Crippen LogP contribution in [-0.2, 0) is 11.3 Å². The highest BCUT2D eigenvalue weighted by molar-refractivity contribution is 9.10. The summed E-state index contributed by atoms with van der Waals surface area (Å²) in [6, 6.07) is 16.3. The first-order valence-corrected chi connectivity index (χ1v) is 8.60. The molecule has 0 aromatic heterocycles. The van der Waals surface area contributed by atoms with Gasteiger partial charge in [-0.05, 0) is 60.0 Å². The summed E-state index contributed by atoms with van der Waals surface area (Å²) < 4.78 is 0.976. The number of carbonyl (C=O) groups excluding carboxylic acids is 1. The van der Waals surface area contributed by atoms with Crippen LogP contribution in [0.15, 0.2) is 53.0 Å². The van der Waals surface area contributed by atoms with E-state index < -0.39 is 0 Å². The van der Waals surface area contributed by atoms with Gasteiger partial charge >= 0.3 is 0 Å². The van der Waals surface area contributed by atoms with E-state index in [1.807, 2.05) is 74.2 Å². The van der Waals surface area contributed by atoms with Crippen LogP contribution in [0.25, 0.3) is 0 Å². The van der Waals surface area contributed by atoms with Crippen molar-refractivity contribution in [3.05, 3.63) is 64.1 Å². The average molecular weight is 375 g/mol. The minimum absolute atomic E-state index is 0.0938. The molecule has 0 saturated carbocycles. The number of hydrogen-bond donors (Lipinski definition) is 1. The van der Waals surface area contributed by atoms with Crippen molar-refractivity contribution in [3.63, 3.8) is 0 Å². The number of aryl methyl sites for hydroxylation is 1. The van der Waals surface area contributed by atoms with Gasteiger partial charge in [0.1, 0.15) is 0 Å². The van der Waals surface area contributed by atoms with Crippen LogP contribution < -0.4 is 5.32 Å². The van der Waals surface area contributed by atoms with Crippen LogP contribution in [0.4, 0.5) is 5.69 Å². The zero-order valence-electron chi connectivity index (χ0n) is 13.8. The second-order valence-electron chi connectivity index (χ2n) is 5.94. The van der Waals surface area contributed by atoms with E-state index in [2.05, 4.69) is 21.2 Å².